The van der Waals surface area contributed by atoms with Gasteiger partial charge >= 0.3 is 0 Å². The van der Waals surface area contributed by atoms with Gasteiger partial charge in [-0.2, -0.15) is 23.5 Å². The highest BCUT2D eigenvalue weighted by molar-refractivity contribution is 8.07. The third kappa shape index (κ3) is 3.39. The molecule has 6 heteroatoms. The monoisotopic (exact) mass is 272 g/mol. The second-order valence-corrected chi connectivity index (χ2v) is 7.70. The standard InChI is InChI=1S/C11H20N4S2/c1-7-8(2)17-11(6-16-7)10(12)4-9-5-15(3)14-13-9/h5,7-8,10-11H,4,6,12H2,1-3H3. The first-order valence-corrected chi connectivity index (χ1v) is 7.93. The minimum Gasteiger partial charge on any atom is -0.326 e. The van der Waals surface area contributed by atoms with E-state index in [4.69, 9.17) is 5.73 Å². The number of thioether (sulfide) groups is 2. The van der Waals surface area contributed by atoms with E-state index in [1.165, 1.54) is 0 Å². The Kier molecular flexibility index (Phi) is 4.38. The number of rotatable bonds is 3. The van der Waals surface area contributed by atoms with E-state index in [0.717, 1.165) is 23.1 Å². The summed E-state index contributed by atoms with van der Waals surface area (Å²) in [6.07, 6.45) is 2.78. The Morgan fingerprint density at radius 2 is 2.29 bits per heavy atom. The molecule has 1 saturated heterocycles. The normalized spacial score (nSPS) is 31.4. The lowest BCUT2D eigenvalue weighted by Crippen LogP contribution is -2.41. The van der Waals surface area contributed by atoms with Crippen LogP contribution >= 0.6 is 23.5 Å². The summed E-state index contributed by atoms with van der Waals surface area (Å²) >= 11 is 4.06. The largest absolute Gasteiger partial charge is 0.326 e. The average Bonchev–Trinajstić information content (AvgIpc) is 2.68. The lowest BCUT2D eigenvalue weighted by atomic mass is 10.1. The molecule has 1 aromatic rings. The van der Waals surface area contributed by atoms with Gasteiger partial charge in [-0.3, -0.25) is 4.68 Å². The van der Waals surface area contributed by atoms with Crippen molar-refractivity contribution in [1.82, 2.24) is 15.0 Å². The van der Waals surface area contributed by atoms with E-state index in [0.29, 0.717) is 10.5 Å². The Labute approximate surface area is 111 Å². The molecule has 2 heterocycles. The molecule has 1 aromatic heterocycles. The fraction of sp³-hybridized carbons (Fsp3) is 0.818. The van der Waals surface area contributed by atoms with Crippen molar-refractivity contribution in [2.24, 2.45) is 12.8 Å². The molecule has 2 rings (SSSR count). The van der Waals surface area contributed by atoms with Gasteiger partial charge in [0.25, 0.3) is 0 Å². The highest BCUT2D eigenvalue weighted by Gasteiger charge is 2.29. The fourth-order valence-electron chi connectivity index (χ4n) is 1.89. The molecule has 17 heavy (non-hydrogen) atoms. The first-order chi connectivity index (χ1) is 8.06. The molecule has 1 aliphatic heterocycles. The van der Waals surface area contributed by atoms with Crippen molar-refractivity contribution in [3.63, 3.8) is 0 Å². The second kappa shape index (κ2) is 5.63. The molecule has 0 aromatic carbocycles. The zero-order valence-corrected chi connectivity index (χ0v) is 12.2. The molecule has 2 N–H and O–H groups in total. The predicted octanol–water partition coefficient (Wildman–Crippen LogP) is 1.31. The van der Waals surface area contributed by atoms with Gasteiger partial charge in [0.1, 0.15) is 0 Å². The first kappa shape index (κ1) is 13.2. The quantitative estimate of drug-likeness (QED) is 0.899. The van der Waals surface area contributed by atoms with Crippen molar-refractivity contribution in [3.8, 4) is 0 Å². The summed E-state index contributed by atoms with van der Waals surface area (Å²) in [5, 5.41) is 10.0. The molecule has 1 fully saturated rings. The van der Waals surface area contributed by atoms with Gasteiger partial charge in [-0.15, -0.1) is 5.10 Å². The molecule has 4 unspecified atom stereocenters. The Morgan fingerprint density at radius 1 is 1.53 bits per heavy atom. The van der Waals surface area contributed by atoms with Crippen molar-refractivity contribution in [2.75, 3.05) is 5.75 Å². The topological polar surface area (TPSA) is 56.7 Å². The van der Waals surface area contributed by atoms with Crippen LogP contribution < -0.4 is 5.73 Å². The van der Waals surface area contributed by atoms with E-state index in [9.17, 15) is 0 Å². The van der Waals surface area contributed by atoms with Gasteiger partial charge in [-0.1, -0.05) is 19.1 Å². The molecule has 0 bridgehead atoms. The maximum absolute atomic E-state index is 6.29. The van der Waals surface area contributed by atoms with Gasteiger partial charge in [0, 0.05) is 47.2 Å². The second-order valence-electron chi connectivity index (χ2n) is 4.67. The third-order valence-corrected chi connectivity index (χ3v) is 6.72. The Hall–Kier alpha value is -0.200. The molecule has 0 radical (unpaired) electrons. The molecule has 4 nitrogen and oxygen atoms in total. The van der Waals surface area contributed by atoms with Crippen LogP contribution in [0.4, 0.5) is 0 Å². The average molecular weight is 272 g/mol. The molecular formula is C11H20N4S2. The van der Waals surface area contributed by atoms with E-state index >= 15 is 0 Å². The summed E-state index contributed by atoms with van der Waals surface area (Å²) < 4.78 is 1.73. The third-order valence-electron chi connectivity index (χ3n) is 3.15. The number of hydrogen-bond donors (Lipinski definition) is 1. The minimum absolute atomic E-state index is 0.180. The summed E-state index contributed by atoms with van der Waals surface area (Å²) in [5.41, 5.74) is 7.28. The number of nitrogens with zero attached hydrogens (tertiary/aromatic N) is 3. The highest BCUT2D eigenvalue weighted by Crippen LogP contribution is 2.37. The molecular weight excluding hydrogens is 252 g/mol. The van der Waals surface area contributed by atoms with E-state index in [-0.39, 0.29) is 6.04 Å². The zero-order chi connectivity index (χ0) is 12.4. The van der Waals surface area contributed by atoms with Crippen LogP contribution in [0.1, 0.15) is 19.5 Å². The van der Waals surface area contributed by atoms with E-state index in [2.05, 4.69) is 24.2 Å². The van der Waals surface area contributed by atoms with Crippen molar-refractivity contribution in [2.45, 2.75) is 42.1 Å². The van der Waals surface area contributed by atoms with Gasteiger partial charge in [0.05, 0.1) is 5.69 Å². The van der Waals surface area contributed by atoms with Crippen LogP contribution in [0.3, 0.4) is 0 Å². The summed E-state index contributed by atoms with van der Waals surface area (Å²) in [5.74, 6) is 1.15. The molecule has 0 saturated carbocycles. The lowest BCUT2D eigenvalue weighted by Gasteiger charge is -2.34. The summed E-state index contributed by atoms with van der Waals surface area (Å²) in [6, 6.07) is 0.180. The molecule has 1 aliphatic rings. The number of hydrogen-bond acceptors (Lipinski definition) is 5. The highest BCUT2D eigenvalue weighted by atomic mass is 32.2. The van der Waals surface area contributed by atoms with Crippen molar-refractivity contribution in [1.29, 1.82) is 0 Å². The fourth-order valence-corrected chi connectivity index (χ4v) is 4.95. The molecule has 0 amide bonds. The number of aryl methyl sites for hydroxylation is 1. The van der Waals surface area contributed by atoms with E-state index in [1.54, 1.807) is 4.68 Å². The van der Waals surface area contributed by atoms with Crippen LogP contribution in [-0.4, -0.2) is 42.5 Å². The minimum atomic E-state index is 0.180. The first-order valence-electron chi connectivity index (χ1n) is 5.94. The van der Waals surface area contributed by atoms with Crippen LogP contribution in [0.15, 0.2) is 6.20 Å². The van der Waals surface area contributed by atoms with Crippen LogP contribution in [0.5, 0.6) is 0 Å². The molecule has 4 atom stereocenters. The van der Waals surface area contributed by atoms with Crippen molar-refractivity contribution < 1.29 is 0 Å². The smallest absolute Gasteiger partial charge is 0.0842 e. The SMILES string of the molecule is CC1SCC(C(N)Cc2cn(C)nn2)SC1C. The van der Waals surface area contributed by atoms with Crippen LogP contribution in [-0.2, 0) is 13.5 Å². The maximum Gasteiger partial charge on any atom is 0.0842 e. The van der Waals surface area contributed by atoms with Gasteiger partial charge < -0.3 is 5.73 Å². The lowest BCUT2D eigenvalue weighted by molar-refractivity contribution is 0.644. The Balaban J connectivity index is 1.90. The number of nitrogens with two attached hydrogens (primary N) is 1. The Morgan fingerprint density at radius 3 is 2.88 bits per heavy atom. The van der Waals surface area contributed by atoms with Gasteiger partial charge in [0.15, 0.2) is 0 Å². The molecule has 96 valence electrons. The summed E-state index contributed by atoms with van der Waals surface area (Å²) in [4.78, 5) is 0. The van der Waals surface area contributed by atoms with Crippen molar-refractivity contribution in [3.05, 3.63) is 11.9 Å². The van der Waals surface area contributed by atoms with E-state index in [1.807, 2.05) is 36.8 Å². The van der Waals surface area contributed by atoms with Crippen LogP contribution in [0.2, 0.25) is 0 Å². The summed E-state index contributed by atoms with van der Waals surface area (Å²) in [6.45, 7) is 4.59. The van der Waals surface area contributed by atoms with Gasteiger partial charge in [-0.25, -0.2) is 0 Å². The summed E-state index contributed by atoms with van der Waals surface area (Å²) in [7, 11) is 1.89. The van der Waals surface area contributed by atoms with Gasteiger partial charge in [-0.05, 0) is 0 Å². The molecule has 0 aliphatic carbocycles. The van der Waals surface area contributed by atoms with Crippen LogP contribution in [0, 0.1) is 0 Å². The van der Waals surface area contributed by atoms with Gasteiger partial charge in [0.2, 0.25) is 0 Å². The van der Waals surface area contributed by atoms with E-state index < -0.39 is 0 Å². The zero-order valence-electron chi connectivity index (χ0n) is 10.5. The maximum atomic E-state index is 6.29. The predicted molar refractivity (Wildman–Crippen MR) is 75.4 cm³/mol. The molecule has 0 spiro atoms. The number of aromatic nitrogens is 3. The van der Waals surface area contributed by atoms with Crippen molar-refractivity contribution >= 4 is 23.5 Å². The van der Waals surface area contributed by atoms with Crippen LogP contribution in [0.25, 0.3) is 0 Å². The Bertz CT molecular complexity index is 368.